The molecule has 0 unspecified atom stereocenters. The molecule has 2 aliphatic rings. The fourth-order valence-corrected chi connectivity index (χ4v) is 4.26. The van der Waals surface area contributed by atoms with Gasteiger partial charge in [0.2, 0.25) is 6.79 Å². The molecular formula is C21H19BrN4O4. The summed E-state index contributed by atoms with van der Waals surface area (Å²) in [6, 6.07) is 11.5. The third-order valence-corrected chi connectivity index (χ3v) is 5.93. The molecule has 0 spiro atoms. The van der Waals surface area contributed by atoms with Gasteiger partial charge in [-0.1, -0.05) is 6.07 Å². The number of aromatic amines is 1. The maximum Gasteiger partial charge on any atom is 0.407 e. The van der Waals surface area contributed by atoms with Gasteiger partial charge in [0.05, 0.1) is 17.1 Å². The second-order valence-corrected chi connectivity index (χ2v) is 8.12. The van der Waals surface area contributed by atoms with Gasteiger partial charge in [-0.3, -0.25) is 0 Å². The van der Waals surface area contributed by atoms with Gasteiger partial charge in [-0.05, 0) is 59.1 Å². The SMILES string of the molecule is O=C(O)N1CCC(c2nc(-c3ccc4c(c3)OCO4)c(-c3cccc(Br)n3)[nH]2)CC1. The summed E-state index contributed by atoms with van der Waals surface area (Å²) in [5.41, 5.74) is 3.29. The molecule has 0 atom stereocenters. The molecule has 4 heterocycles. The van der Waals surface area contributed by atoms with Crippen LogP contribution in [0.1, 0.15) is 24.6 Å². The van der Waals surface area contributed by atoms with Crippen LogP contribution in [0.5, 0.6) is 11.5 Å². The maximum absolute atomic E-state index is 11.2. The highest BCUT2D eigenvalue weighted by molar-refractivity contribution is 9.10. The van der Waals surface area contributed by atoms with Gasteiger partial charge in [0.1, 0.15) is 10.4 Å². The molecule has 30 heavy (non-hydrogen) atoms. The first-order valence-corrected chi connectivity index (χ1v) is 10.5. The summed E-state index contributed by atoms with van der Waals surface area (Å²) in [6.45, 7) is 1.22. The number of aromatic nitrogens is 3. The number of piperidine rings is 1. The molecule has 1 amide bonds. The Balaban J connectivity index is 1.54. The van der Waals surface area contributed by atoms with E-state index in [2.05, 4.69) is 25.9 Å². The van der Waals surface area contributed by atoms with Crippen molar-refractivity contribution in [1.29, 1.82) is 0 Å². The number of carbonyl (C=O) groups is 1. The molecule has 8 nitrogen and oxygen atoms in total. The van der Waals surface area contributed by atoms with Crippen LogP contribution in [0.3, 0.4) is 0 Å². The molecule has 1 saturated heterocycles. The van der Waals surface area contributed by atoms with Crippen molar-refractivity contribution in [3.63, 3.8) is 0 Å². The predicted octanol–water partition coefficient (Wildman–Crippen LogP) is 4.49. The highest BCUT2D eigenvalue weighted by atomic mass is 79.9. The van der Waals surface area contributed by atoms with E-state index in [1.54, 1.807) is 0 Å². The molecule has 9 heteroatoms. The van der Waals surface area contributed by atoms with E-state index < -0.39 is 6.09 Å². The lowest BCUT2D eigenvalue weighted by Crippen LogP contribution is -2.37. The van der Waals surface area contributed by atoms with Crippen molar-refractivity contribution in [2.45, 2.75) is 18.8 Å². The Hall–Kier alpha value is -3.07. The average molecular weight is 471 g/mol. The summed E-state index contributed by atoms with van der Waals surface area (Å²) in [6.07, 6.45) is 0.588. The average Bonchev–Trinajstić information content (AvgIpc) is 3.40. The van der Waals surface area contributed by atoms with E-state index in [1.807, 2.05) is 36.4 Å². The van der Waals surface area contributed by atoms with Crippen molar-refractivity contribution >= 4 is 22.0 Å². The number of hydrogen-bond acceptors (Lipinski definition) is 5. The van der Waals surface area contributed by atoms with Crippen LogP contribution in [0.2, 0.25) is 0 Å². The van der Waals surface area contributed by atoms with Gasteiger partial charge >= 0.3 is 6.09 Å². The van der Waals surface area contributed by atoms with Crippen molar-refractivity contribution in [1.82, 2.24) is 19.9 Å². The number of ether oxygens (including phenoxy) is 2. The predicted molar refractivity (Wildman–Crippen MR) is 113 cm³/mol. The number of fused-ring (bicyclic) bond motifs is 1. The highest BCUT2D eigenvalue weighted by Gasteiger charge is 2.27. The fourth-order valence-electron chi connectivity index (χ4n) is 3.91. The highest BCUT2D eigenvalue weighted by Crippen LogP contribution is 2.39. The number of nitrogens with one attached hydrogen (secondary N) is 1. The number of pyridine rings is 1. The minimum absolute atomic E-state index is 0.161. The van der Waals surface area contributed by atoms with Crippen molar-refractivity contribution < 1.29 is 19.4 Å². The van der Waals surface area contributed by atoms with E-state index >= 15 is 0 Å². The molecule has 154 valence electrons. The molecule has 1 fully saturated rings. The Labute approximate surface area is 181 Å². The Kier molecular flexibility index (Phi) is 4.82. The Morgan fingerprint density at radius 3 is 2.70 bits per heavy atom. The normalized spacial score (nSPS) is 16.1. The number of nitrogens with zero attached hydrogens (tertiary/aromatic N) is 3. The largest absolute Gasteiger partial charge is 0.465 e. The minimum atomic E-state index is -0.868. The number of H-pyrrole nitrogens is 1. The van der Waals surface area contributed by atoms with Gasteiger partial charge in [0.15, 0.2) is 11.5 Å². The van der Waals surface area contributed by atoms with Gasteiger partial charge in [0.25, 0.3) is 0 Å². The number of hydrogen-bond donors (Lipinski definition) is 2. The Morgan fingerprint density at radius 1 is 1.13 bits per heavy atom. The zero-order chi connectivity index (χ0) is 20.7. The lowest BCUT2D eigenvalue weighted by atomic mass is 9.96. The van der Waals surface area contributed by atoms with E-state index in [4.69, 9.17) is 14.5 Å². The zero-order valence-electron chi connectivity index (χ0n) is 16.0. The zero-order valence-corrected chi connectivity index (χ0v) is 17.6. The molecule has 0 bridgehead atoms. The van der Waals surface area contributed by atoms with Crippen LogP contribution in [0.4, 0.5) is 4.79 Å². The van der Waals surface area contributed by atoms with Crippen LogP contribution in [-0.2, 0) is 0 Å². The number of imidazole rings is 1. The van der Waals surface area contributed by atoms with E-state index in [0.29, 0.717) is 18.8 Å². The Morgan fingerprint density at radius 2 is 1.93 bits per heavy atom. The van der Waals surface area contributed by atoms with Crippen molar-refractivity contribution in [2.75, 3.05) is 19.9 Å². The van der Waals surface area contributed by atoms with Crippen molar-refractivity contribution in [3.8, 4) is 34.1 Å². The van der Waals surface area contributed by atoms with Gasteiger partial charge < -0.3 is 24.5 Å². The van der Waals surface area contributed by atoms with E-state index in [9.17, 15) is 9.90 Å². The maximum atomic E-state index is 11.2. The molecule has 0 aliphatic carbocycles. The minimum Gasteiger partial charge on any atom is -0.465 e. The number of benzene rings is 1. The van der Waals surface area contributed by atoms with Crippen LogP contribution in [-0.4, -0.2) is 50.9 Å². The first-order chi connectivity index (χ1) is 14.6. The number of rotatable bonds is 3. The summed E-state index contributed by atoms with van der Waals surface area (Å²) in [4.78, 5) is 25.7. The number of carboxylic acid groups (broad SMARTS) is 1. The number of halogens is 1. The summed E-state index contributed by atoms with van der Waals surface area (Å²) in [7, 11) is 0. The smallest absolute Gasteiger partial charge is 0.407 e. The molecule has 0 saturated carbocycles. The first kappa shape index (κ1) is 18.9. The molecular weight excluding hydrogens is 452 g/mol. The monoisotopic (exact) mass is 470 g/mol. The topological polar surface area (TPSA) is 101 Å². The van der Waals surface area contributed by atoms with Crippen LogP contribution in [0.15, 0.2) is 41.0 Å². The Bertz CT molecular complexity index is 1110. The summed E-state index contributed by atoms with van der Waals surface area (Å²) >= 11 is 3.44. The van der Waals surface area contributed by atoms with Gasteiger partial charge in [0, 0.05) is 24.6 Å². The van der Waals surface area contributed by atoms with Crippen molar-refractivity contribution in [3.05, 3.63) is 46.8 Å². The van der Waals surface area contributed by atoms with Crippen LogP contribution < -0.4 is 9.47 Å². The second kappa shape index (κ2) is 7.64. The summed E-state index contributed by atoms with van der Waals surface area (Å²) in [5, 5.41) is 9.21. The lowest BCUT2D eigenvalue weighted by molar-refractivity contribution is 0.131. The van der Waals surface area contributed by atoms with Gasteiger partial charge in [-0.15, -0.1) is 0 Å². The quantitative estimate of drug-likeness (QED) is 0.547. The second-order valence-electron chi connectivity index (χ2n) is 7.30. The van der Waals surface area contributed by atoms with Gasteiger partial charge in [-0.2, -0.15) is 0 Å². The summed E-state index contributed by atoms with van der Waals surface area (Å²) < 4.78 is 11.7. The van der Waals surface area contributed by atoms with E-state index in [0.717, 1.165) is 51.7 Å². The number of likely N-dealkylation sites (tertiary alicyclic amines) is 1. The summed E-state index contributed by atoms with van der Waals surface area (Å²) in [5.74, 6) is 2.43. The fraction of sp³-hybridized carbons (Fsp3) is 0.286. The van der Waals surface area contributed by atoms with Gasteiger partial charge in [-0.25, -0.2) is 14.8 Å². The third kappa shape index (κ3) is 3.49. The molecule has 2 aliphatic heterocycles. The van der Waals surface area contributed by atoms with E-state index in [-0.39, 0.29) is 12.7 Å². The number of amides is 1. The van der Waals surface area contributed by atoms with Crippen molar-refractivity contribution in [2.24, 2.45) is 0 Å². The molecule has 5 rings (SSSR count). The molecule has 2 aromatic heterocycles. The van der Waals surface area contributed by atoms with Crippen LogP contribution in [0, 0.1) is 0 Å². The van der Waals surface area contributed by atoms with E-state index in [1.165, 1.54) is 4.90 Å². The molecule has 1 aromatic carbocycles. The molecule has 0 radical (unpaired) electrons. The van der Waals surface area contributed by atoms with Crippen LogP contribution >= 0.6 is 15.9 Å². The third-order valence-electron chi connectivity index (χ3n) is 5.49. The molecule has 3 aromatic rings. The first-order valence-electron chi connectivity index (χ1n) is 9.69. The lowest BCUT2D eigenvalue weighted by Gasteiger charge is -2.28. The standard InChI is InChI=1S/C21H19BrN4O4/c22-17-3-1-2-14(23-17)19-18(13-4-5-15-16(10-13)30-11-29-15)24-20(25-19)12-6-8-26(9-7-12)21(27)28/h1-5,10,12H,6-9,11H2,(H,24,25)(H,27,28). The molecule has 2 N–H and O–H groups in total. The van der Waals surface area contributed by atoms with Crippen LogP contribution in [0.25, 0.3) is 22.6 Å².